The van der Waals surface area contributed by atoms with E-state index in [1.807, 2.05) is 0 Å². The lowest BCUT2D eigenvalue weighted by Gasteiger charge is -2.08. The van der Waals surface area contributed by atoms with E-state index in [9.17, 15) is 4.79 Å². The van der Waals surface area contributed by atoms with Crippen LogP contribution in [0.3, 0.4) is 0 Å². The van der Waals surface area contributed by atoms with E-state index in [0.29, 0.717) is 29.6 Å². The molecule has 0 aromatic heterocycles. The van der Waals surface area contributed by atoms with Crippen LogP contribution < -0.4 is 10.6 Å². The van der Waals surface area contributed by atoms with Crippen molar-refractivity contribution in [2.75, 3.05) is 11.9 Å². The zero-order valence-corrected chi connectivity index (χ0v) is 11.3. The van der Waals surface area contributed by atoms with Crippen LogP contribution in [0.2, 0.25) is 5.02 Å². The Morgan fingerprint density at radius 3 is 2.95 bits per heavy atom. The fourth-order valence-electron chi connectivity index (χ4n) is 1.76. The number of nitriles is 1. The number of amides is 1. The standard InChI is InChI=1S/C14H16ClN3O/c15-11-3-6-13(10(8-11)9-16)17-7-1-2-14(19)18-12-4-5-12/h3,6,8,12,17H,1-2,4-5,7H2,(H,18,19). The Morgan fingerprint density at radius 2 is 2.26 bits per heavy atom. The molecule has 0 aliphatic heterocycles. The second kappa shape index (κ2) is 6.44. The third-order valence-corrected chi connectivity index (χ3v) is 3.18. The molecule has 1 saturated carbocycles. The number of rotatable bonds is 6. The quantitative estimate of drug-likeness (QED) is 0.786. The summed E-state index contributed by atoms with van der Waals surface area (Å²) in [4.78, 5) is 11.5. The molecule has 0 unspecified atom stereocenters. The summed E-state index contributed by atoms with van der Waals surface area (Å²) in [5.74, 6) is 0.112. The Morgan fingerprint density at radius 1 is 1.47 bits per heavy atom. The number of anilines is 1. The number of nitrogens with zero attached hydrogens (tertiary/aromatic N) is 1. The highest BCUT2D eigenvalue weighted by Crippen LogP contribution is 2.20. The molecule has 5 heteroatoms. The van der Waals surface area contributed by atoms with Gasteiger partial charge < -0.3 is 10.6 Å². The summed E-state index contributed by atoms with van der Waals surface area (Å²) in [6.07, 6.45) is 3.48. The molecule has 1 amide bonds. The molecule has 0 heterocycles. The molecule has 0 saturated heterocycles. The van der Waals surface area contributed by atoms with Gasteiger partial charge in [0.2, 0.25) is 5.91 Å². The van der Waals surface area contributed by atoms with Crippen LogP contribution in [0.1, 0.15) is 31.2 Å². The average Bonchev–Trinajstić information content (AvgIpc) is 3.19. The zero-order chi connectivity index (χ0) is 13.7. The lowest BCUT2D eigenvalue weighted by molar-refractivity contribution is -0.121. The van der Waals surface area contributed by atoms with Crippen LogP contribution in [0, 0.1) is 11.3 Å². The molecule has 2 N–H and O–H groups in total. The molecule has 0 atom stereocenters. The number of hydrogen-bond acceptors (Lipinski definition) is 3. The number of carbonyl (C=O) groups excluding carboxylic acids is 1. The van der Waals surface area contributed by atoms with E-state index >= 15 is 0 Å². The molecule has 19 heavy (non-hydrogen) atoms. The van der Waals surface area contributed by atoms with Crippen molar-refractivity contribution in [3.63, 3.8) is 0 Å². The second-order valence-corrected chi connectivity index (χ2v) is 5.11. The minimum atomic E-state index is 0.112. The molecule has 1 aromatic carbocycles. The van der Waals surface area contributed by atoms with Gasteiger partial charge in [0.05, 0.1) is 11.3 Å². The molecule has 100 valence electrons. The van der Waals surface area contributed by atoms with Crippen LogP contribution in [0.15, 0.2) is 18.2 Å². The first-order valence-corrected chi connectivity index (χ1v) is 6.79. The van der Waals surface area contributed by atoms with Gasteiger partial charge in [0.1, 0.15) is 6.07 Å². The SMILES string of the molecule is N#Cc1cc(Cl)ccc1NCCCC(=O)NC1CC1. The largest absolute Gasteiger partial charge is 0.384 e. The Bertz CT molecular complexity index is 506. The fraction of sp³-hybridized carbons (Fsp3) is 0.429. The van der Waals surface area contributed by atoms with E-state index in [-0.39, 0.29) is 5.91 Å². The van der Waals surface area contributed by atoms with Crippen molar-refractivity contribution in [1.29, 1.82) is 5.26 Å². The summed E-state index contributed by atoms with van der Waals surface area (Å²) in [5, 5.41) is 15.6. The minimum Gasteiger partial charge on any atom is -0.384 e. The predicted molar refractivity (Wildman–Crippen MR) is 75.1 cm³/mol. The van der Waals surface area contributed by atoms with E-state index in [0.717, 1.165) is 24.9 Å². The average molecular weight is 278 g/mol. The Hall–Kier alpha value is -1.73. The van der Waals surface area contributed by atoms with Gasteiger partial charge >= 0.3 is 0 Å². The van der Waals surface area contributed by atoms with Crippen molar-refractivity contribution in [3.05, 3.63) is 28.8 Å². The number of benzene rings is 1. The maximum Gasteiger partial charge on any atom is 0.220 e. The third kappa shape index (κ3) is 4.46. The molecule has 1 aliphatic carbocycles. The summed E-state index contributed by atoms with van der Waals surface area (Å²) < 4.78 is 0. The van der Waals surface area contributed by atoms with E-state index in [1.54, 1.807) is 18.2 Å². The Kier molecular flexibility index (Phi) is 4.64. The van der Waals surface area contributed by atoms with E-state index < -0.39 is 0 Å². The van der Waals surface area contributed by atoms with Gasteiger partial charge in [-0.2, -0.15) is 5.26 Å². The molecule has 0 radical (unpaired) electrons. The molecule has 1 aromatic rings. The molecular weight excluding hydrogens is 262 g/mol. The molecule has 1 fully saturated rings. The van der Waals surface area contributed by atoms with Gasteiger partial charge in [-0.25, -0.2) is 0 Å². The summed E-state index contributed by atoms with van der Waals surface area (Å²) in [5.41, 5.74) is 1.28. The van der Waals surface area contributed by atoms with Crippen LogP contribution in [0.25, 0.3) is 0 Å². The summed E-state index contributed by atoms with van der Waals surface area (Å²) in [6, 6.07) is 7.66. The maximum atomic E-state index is 11.5. The Labute approximate surface area is 117 Å². The topological polar surface area (TPSA) is 64.9 Å². The molecule has 2 rings (SSSR count). The van der Waals surface area contributed by atoms with Crippen molar-refractivity contribution in [3.8, 4) is 6.07 Å². The predicted octanol–water partition coefficient (Wildman–Crippen LogP) is 2.68. The van der Waals surface area contributed by atoms with Crippen molar-refractivity contribution in [2.45, 2.75) is 31.7 Å². The number of nitrogens with one attached hydrogen (secondary N) is 2. The van der Waals surface area contributed by atoms with Crippen molar-refractivity contribution in [2.24, 2.45) is 0 Å². The van der Waals surface area contributed by atoms with Crippen LogP contribution in [-0.4, -0.2) is 18.5 Å². The highest BCUT2D eigenvalue weighted by Gasteiger charge is 2.22. The van der Waals surface area contributed by atoms with Gasteiger partial charge in [-0.3, -0.25) is 4.79 Å². The maximum absolute atomic E-state index is 11.5. The minimum absolute atomic E-state index is 0.112. The number of hydrogen-bond donors (Lipinski definition) is 2. The van der Waals surface area contributed by atoms with Crippen LogP contribution in [-0.2, 0) is 4.79 Å². The fourth-order valence-corrected chi connectivity index (χ4v) is 1.93. The smallest absolute Gasteiger partial charge is 0.220 e. The van der Waals surface area contributed by atoms with E-state index in [2.05, 4.69) is 16.7 Å². The van der Waals surface area contributed by atoms with Crippen LogP contribution in [0.4, 0.5) is 5.69 Å². The van der Waals surface area contributed by atoms with E-state index in [1.165, 1.54) is 0 Å². The molecule has 1 aliphatic rings. The van der Waals surface area contributed by atoms with Gasteiger partial charge in [0.15, 0.2) is 0 Å². The normalized spacial score (nSPS) is 13.7. The van der Waals surface area contributed by atoms with Crippen molar-refractivity contribution < 1.29 is 4.79 Å². The second-order valence-electron chi connectivity index (χ2n) is 4.67. The van der Waals surface area contributed by atoms with Gasteiger partial charge in [0.25, 0.3) is 0 Å². The van der Waals surface area contributed by atoms with Gasteiger partial charge in [-0.1, -0.05) is 11.6 Å². The number of halogens is 1. The van der Waals surface area contributed by atoms with Crippen molar-refractivity contribution >= 4 is 23.2 Å². The zero-order valence-electron chi connectivity index (χ0n) is 10.6. The first-order chi connectivity index (χ1) is 9.19. The molecule has 0 spiro atoms. The summed E-state index contributed by atoms with van der Waals surface area (Å²) in [6.45, 7) is 0.661. The molecular formula is C14H16ClN3O. The molecule has 4 nitrogen and oxygen atoms in total. The van der Waals surface area contributed by atoms with Crippen molar-refractivity contribution in [1.82, 2.24) is 5.32 Å². The molecule has 0 bridgehead atoms. The van der Waals surface area contributed by atoms with E-state index in [4.69, 9.17) is 16.9 Å². The highest BCUT2D eigenvalue weighted by molar-refractivity contribution is 6.30. The van der Waals surface area contributed by atoms with Gasteiger partial charge in [-0.15, -0.1) is 0 Å². The highest BCUT2D eigenvalue weighted by atomic mass is 35.5. The first-order valence-electron chi connectivity index (χ1n) is 6.42. The lowest BCUT2D eigenvalue weighted by atomic mass is 10.2. The lowest BCUT2D eigenvalue weighted by Crippen LogP contribution is -2.25. The number of carbonyl (C=O) groups is 1. The van der Waals surface area contributed by atoms with Crippen LogP contribution >= 0.6 is 11.6 Å². The summed E-state index contributed by atoms with van der Waals surface area (Å²) in [7, 11) is 0. The van der Waals surface area contributed by atoms with Gasteiger partial charge in [-0.05, 0) is 37.5 Å². The first kappa shape index (κ1) is 13.7. The third-order valence-electron chi connectivity index (χ3n) is 2.94. The monoisotopic (exact) mass is 277 g/mol. The van der Waals surface area contributed by atoms with Crippen LogP contribution in [0.5, 0.6) is 0 Å². The van der Waals surface area contributed by atoms with Gasteiger partial charge in [0, 0.05) is 24.0 Å². The summed E-state index contributed by atoms with van der Waals surface area (Å²) >= 11 is 5.82. The Balaban J connectivity index is 1.73.